The fourth-order valence-corrected chi connectivity index (χ4v) is 1.68. The number of carbonyl (C=O) groups is 1. The van der Waals surface area contributed by atoms with Crippen molar-refractivity contribution in [2.75, 3.05) is 0 Å². The molecule has 3 N–H and O–H groups in total. The van der Waals surface area contributed by atoms with Crippen LogP contribution in [-0.2, 0) is 6.18 Å². The van der Waals surface area contributed by atoms with Crippen molar-refractivity contribution < 1.29 is 28.2 Å². The van der Waals surface area contributed by atoms with E-state index in [1.807, 2.05) is 0 Å². The minimum absolute atomic E-state index is 0.00470. The van der Waals surface area contributed by atoms with Gasteiger partial charge in [0, 0.05) is 17.2 Å². The molecule has 0 atom stereocenters. The number of hydrogen-bond donors (Lipinski definition) is 3. The molecule has 5 nitrogen and oxygen atoms in total. The van der Waals surface area contributed by atoms with Crippen molar-refractivity contribution in [3.8, 4) is 11.5 Å². The van der Waals surface area contributed by atoms with Crippen LogP contribution in [0.3, 0.4) is 0 Å². The van der Waals surface area contributed by atoms with Crippen LogP contribution in [0.5, 0.6) is 11.5 Å². The molecule has 0 fully saturated rings. The van der Waals surface area contributed by atoms with E-state index >= 15 is 0 Å². The Labute approximate surface area is 128 Å². The maximum Gasteiger partial charge on any atom is 0.416 e. The number of alkyl halides is 3. The number of phenols is 2. The smallest absolute Gasteiger partial charge is 0.416 e. The molecule has 0 aromatic heterocycles. The average molecular weight is 324 g/mol. The van der Waals surface area contributed by atoms with Crippen molar-refractivity contribution in [3.63, 3.8) is 0 Å². The van der Waals surface area contributed by atoms with Crippen molar-refractivity contribution in [2.45, 2.75) is 6.18 Å². The molecular weight excluding hydrogens is 313 g/mol. The number of carbonyl (C=O) groups excluding carboxylic acids is 1. The van der Waals surface area contributed by atoms with Crippen LogP contribution < -0.4 is 5.43 Å². The van der Waals surface area contributed by atoms with Crippen LogP contribution in [0, 0.1) is 0 Å². The van der Waals surface area contributed by atoms with Crippen LogP contribution >= 0.6 is 0 Å². The van der Waals surface area contributed by atoms with Gasteiger partial charge in [0.05, 0.1) is 11.8 Å². The van der Waals surface area contributed by atoms with E-state index < -0.39 is 17.6 Å². The fourth-order valence-electron chi connectivity index (χ4n) is 1.68. The quantitative estimate of drug-likeness (QED) is 0.600. The molecule has 23 heavy (non-hydrogen) atoms. The standard InChI is InChI=1S/C15H11F3N2O3/c16-15(17,18)11-4-1-9(2-5-11)14(23)20-19-8-10-3-6-12(21)7-13(10)22/h1-8,21-22H,(H,20,23). The van der Waals surface area contributed by atoms with Gasteiger partial charge in [-0.25, -0.2) is 5.43 Å². The van der Waals surface area contributed by atoms with E-state index in [1.165, 1.54) is 12.1 Å². The summed E-state index contributed by atoms with van der Waals surface area (Å²) in [7, 11) is 0. The molecule has 120 valence electrons. The first-order valence-corrected chi connectivity index (χ1v) is 6.30. The highest BCUT2D eigenvalue weighted by Crippen LogP contribution is 2.29. The van der Waals surface area contributed by atoms with Crippen LogP contribution in [-0.4, -0.2) is 22.3 Å². The molecule has 0 saturated carbocycles. The van der Waals surface area contributed by atoms with Gasteiger partial charge in [-0.2, -0.15) is 18.3 Å². The first kappa shape index (κ1) is 16.3. The summed E-state index contributed by atoms with van der Waals surface area (Å²) in [4.78, 5) is 11.7. The van der Waals surface area contributed by atoms with Gasteiger partial charge < -0.3 is 10.2 Å². The Balaban J connectivity index is 2.03. The van der Waals surface area contributed by atoms with Gasteiger partial charge in [0.1, 0.15) is 11.5 Å². The second-order valence-corrected chi connectivity index (χ2v) is 4.52. The largest absolute Gasteiger partial charge is 0.508 e. The lowest BCUT2D eigenvalue weighted by atomic mass is 10.1. The molecular formula is C15H11F3N2O3. The maximum atomic E-state index is 12.4. The Morgan fingerprint density at radius 2 is 1.74 bits per heavy atom. The molecule has 0 aliphatic rings. The lowest BCUT2D eigenvalue weighted by molar-refractivity contribution is -0.137. The number of nitrogens with zero attached hydrogens (tertiary/aromatic N) is 1. The van der Waals surface area contributed by atoms with E-state index in [2.05, 4.69) is 10.5 Å². The second-order valence-electron chi connectivity index (χ2n) is 4.52. The Kier molecular flexibility index (Phi) is 4.54. The summed E-state index contributed by atoms with van der Waals surface area (Å²) < 4.78 is 37.2. The van der Waals surface area contributed by atoms with E-state index in [0.717, 1.165) is 36.5 Å². The molecule has 0 aliphatic carbocycles. The summed E-state index contributed by atoms with van der Waals surface area (Å²) in [5.41, 5.74) is 1.52. The van der Waals surface area contributed by atoms with Crippen LogP contribution in [0.15, 0.2) is 47.6 Å². The van der Waals surface area contributed by atoms with E-state index in [9.17, 15) is 23.1 Å². The van der Waals surface area contributed by atoms with Crippen molar-refractivity contribution in [1.29, 1.82) is 0 Å². The molecule has 0 bridgehead atoms. The summed E-state index contributed by atoms with van der Waals surface area (Å²) in [6, 6.07) is 7.45. The maximum absolute atomic E-state index is 12.4. The molecule has 2 aromatic rings. The number of phenolic OH excluding ortho intramolecular Hbond substituents is 2. The number of nitrogens with one attached hydrogen (secondary N) is 1. The highest BCUT2D eigenvalue weighted by molar-refractivity contribution is 5.95. The summed E-state index contributed by atoms with van der Waals surface area (Å²) in [5, 5.41) is 22.2. The topological polar surface area (TPSA) is 81.9 Å². The Morgan fingerprint density at radius 3 is 2.30 bits per heavy atom. The van der Waals surface area contributed by atoms with E-state index in [0.29, 0.717) is 0 Å². The third-order valence-electron chi connectivity index (χ3n) is 2.86. The van der Waals surface area contributed by atoms with Crippen molar-refractivity contribution in [1.82, 2.24) is 5.43 Å². The molecule has 0 aliphatic heterocycles. The monoisotopic (exact) mass is 324 g/mol. The van der Waals surface area contributed by atoms with Gasteiger partial charge in [-0.1, -0.05) is 0 Å². The first-order valence-electron chi connectivity index (χ1n) is 6.30. The summed E-state index contributed by atoms with van der Waals surface area (Å²) in [6.45, 7) is 0. The lowest BCUT2D eigenvalue weighted by Gasteiger charge is -2.06. The number of halogens is 3. The third-order valence-corrected chi connectivity index (χ3v) is 2.86. The van der Waals surface area contributed by atoms with Gasteiger partial charge in [-0.3, -0.25) is 4.79 Å². The molecule has 0 heterocycles. The van der Waals surface area contributed by atoms with Gasteiger partial charge in [0.2, 0.25) is 0 Å². The highest BCUT2D eigenvalue weighted by atomic mass is 19.4. The normalized spacial score (nSPS) is 11.6. The van der Waals surface area contributed by atoms with Gasteiger partial charge in [0.25, 0.3) is 5.91 Å². The number of hydrogen-bond acceptors (Lipinski definition) is 4. The number of benzene rings is 2. The predicted octanol–water partition coefficient (Wildman–Crippen LogP) is 2.88. The fraction of sp³-hybridized carbons (Fsp3) is 0.0667. The highest BCUT2D eigenvalue weighted by Gasteiger charge is 2.30. The molecule has 0 spiro atoms. The number of rotatable bonds is 3. The third kappa shape index (κ3) is 4.22. The zero-order valence-electron chi connectivity index (χ0n) is 11.5. The number of aromatic hydroxyl groups is 2. The first-order chi connectivity index (χ1) is 10.8. The molecule has 0 radical (unpaired) electrons. The zero-order valence-corrected chi connectivity index (χ0v) is 11.5. The van der Waals surface area contributed by atoms with E-state index in [-0.39, 0.29) is 22.6 Å². The van der Waals surface area contributed by atoms with Crippen molar-refractivity contribution in [2.24, 2.45) is 5.10 Å². The minimum atomic E-state index is -4.47. The van der Waals surface area contributed by atoms with E-state index in [4.69, 9.17) is 5.11 Å². The lowest BCUT2D eigenvalue weighted by Crippen LogP contribution is -2.18. The Morgan fingerprint density at radius 1 is 1.09 bits per heavy atom. The molecule has 2 aromatic carbocycles. The molecule has 8 heteroatoms. The molecule has 0 saturated heterocycles. The molecule has 0 unspecified atom stereocenters. The van der Waals surface area contributed by atoms with Crippen molar-refractivity contribution >= 4 is 12.1 Å². The van der Waals surface area contributed by atoms with Gasteiger partial charge >= 0.3 is 6.18 Å². The number of amides is 1. The Hall–Kier alpha value is -3.03. The zero-order chi connectivity index (χ0) is 17.0. The second kappa shape index (κ2) is 6.39. The minimum Gasteiger partial charge on any atom is -0.508 e. The summed E-state index contributed by atoms with van der Waals surface area (Å²) in [6.07, 6.45) is -3.33. The summed E-state index contributed by atoms with van der Waals surface area (Å²) in [5.74, 6) is -1.07. The molecule has 2 rings (SSSR count). The van der Waals surface area contributed by atoms with Crippen LogP contribution in [0.25, 0.3) is 0 Å². The average Bonchev–Trinajstić information content (AvgIpc) is 2.48. The van der Waals surface area contributed by atoms with Gasteiger partial charge in [-0.05, 0) is 36.4 Å². The van der Waals surface area contributed by atoms with Crippen LogP contribution in [0.1, 0.15) is 21.5 Å². The molecule has 1 amide bonds. The van der Waals surface area contributed by atoms with Crippen LogP contribution in [0.2, 0.25) is 0 Å². The van der Waals surface area contributed by atoms with Crippen molar-refractivity contribution in [3.05, 3.63) is 59.2 Å². The SMILES string of the molecule is O=C(NN=Cc1ccc(O)cc1O)c1ccc(C(F)(F)F)cc1. The van der Waals surface area contributed by atoms with Gasteiger partial charge in [0.15, 0.2) is 0 Å². The Bertz CT molecular complexity index is 741. The predicted molar refractivity (Wildman–Crippen MR) is 76.3 cm³/mol. The van der Waals surface area contributed by atoms with Crippen LogP contribution in [0.4, 0.5) is 13.2 Å². The number of hydrazone groups is 1. The van der Waals surface area contributed by atoms with E-state index in [1.54, 1.807) is 0 Å². The summed E-state index contributed by atoms with van der Waals surface area (Å²) >= 11 is 0. The van der Waals surface area contributed by atoms with Gasteiger partial charge in [-0.15, -0.1) is 0 Å².